The number of aryl methyl sites for hydroxylation is 1. The lowest BCUT2D eigenvalue weighted by Crippen LogP contribution is -2.02. The number of benzene rings is 1. The maximum atomic E-state index is 10.8. The quantitative estimate of drug-likeness (QED) is 0.483. The molecular weight excluding hydrogens is 228 g/mol. The third-order valence-electron chi connectivity index (χ3n) is 2.66. The molecule has 1 aromatic carbocycles. The Kier molecular flexibility index (Phi) is 4.12. The van der Waals surface area contributed by atoms with Gasteiger partial charge in [-0.1, -0.05) is 18.7 Å². The molecule has 4 nitrogen and oxygen atoms in total. The van der Waals surface area contributed by atoms with Gasteiger partial charge in [0.2, 0.25) is 0 Å². The summed E-state index contributed by atoms with van der Waals surface area (Å²) in [6.07, 6.45) is 3.81. The summed E-state index contributed by atoms with van der Waals surface area (Å²) in [5.74, 6) is 0.616. The van der Waals surface area contributed by atoms with E-state index in [2.05, 4.69) is 16.5 Å². The number of carbonyl (C=O) groups excluding carboxylic acids is 1. The Morgan fingerprint density at radius 1 is 1.39 bits per heavy atom. The Hall–Kier alpha value is -2.10. The molecule has 0 unspecified atom stereocenters. The van der Waals surface area contributed by atoms with Crippen molar-refractivity contribution in [3.63, 3.8) is 0 Å². The predicted molar refractivity (Wildman–Crippen MR) is 70.2 cm³/mol. The van der Waals surface area contributed by atoms with Gasteiger partial charge in [0, 0.05) is 12.5 Å². The second-order valence-electron chi connectivity index (χ2n) is 4.03. The van der Waals surface area contributed by atoms with E-state index >= 15 is 0 Å². The summed E-state index contributed by atoms with van der Waals surface area (Å²) in [5, 5.41) is 0. The van der Waals surface area contributed by atoms with E-state index in [1.54, 1.807) is 0 Å². The molecule has 0 aliphatic carbocycles. The molecule has 0 saturated carbocycles. The Labute approximate surface area is 106 Å². The molecule has 0 spiro atoms. The number of aromatic amines is 1. The van der Waals surface area contributed by atoms with E-state index in [-0.39, 0.29) is 5.97 Å². The summed E-state index contributed by atoms with van der Waals surface area (Å²) >= 11 is 0. The molecule has 1 heterocycles. The number of rotatable bonds is 6. The van der Waals surface area contributed by atoms with Crippen LogP contribution >= 0.6 is 0 Å². The van der Waals surface area contributed by atoms with Gasteiger partial charge in [0.05, 0.1) is 17.6 Å². The van der Waals surface area contributed by atoms with Crippen molar-refractivity contribution in [2.45, 2.75) is 19.3 Å². The summed E-state index contributed by atoms with van der Waals surface area (Å²) in [5.41, 5.74) is 2.05. The molecule has 0 fully saturated rings. The first-order valence-corrected chi connectivity index (χ1v) is 6.02. The van der Waals surface area contributed by atoms with Gasteiger partial charge in [-0.15, -0.1) is 0 Å². The number of nitrogens with zero attached hydrogens (tertiary/aromatic N) is 1. The zero-order chi connectivity index (χ0) is 12.8. The van der Waals surface area contributed by atoms with Gasteiger partial charge in [-0.05, 0) is 25.0 Å². The van der Waals surface area contributed by atoms with E-state index < -0.39 is 0 Å². The SMILES string of the molecule is C=CC(=O)OCCCCc1nc2ccccc2[nH]1. The second-order valence-corrected chi connectivity index (χ2v) is 4.03. The van der Waals surface area contributed by atoms with Gasteiger partial charge in [-0.3, -0.25) is 0 Å². The minimum Gasteiger partial charge on any atom is -0.463 e. The molecule has 0 bridgehead atoms. The van der Waals surface area contributed by atoms with E-state index in [1.807, 2.05) is 24.3 Å². The van der Waals surface area contributed by atoms with Crippen LogP contribution in [-0.4, -0.2) is 22.5 Å². The minimum atomic E-state index is -0.362. The molecule has 0 aliphatic heterocycles. The Morgan fingerprint density at radius 3 is 3.00 bits per heavy atom. The average molecular weight is 244 g/mol. The predicted octanol–water partition coefficient (Wildman–Crippen LogP) is 2.61. The standard InChI is InChI=1S/C14H16N2O2/c1-2-14(17)18-10-6-5-9-13-15-11-7-3-4-8-12(11)16-13/h2-4,7-8H,1,5-6,9-10H2,(H,15,16). The highest BCUT2D eigenvalue weighted by Gasteiger charge is 2.02. The van der Waals surface area contributed by atoms with Crippen molar-refractivity contribution < 1.29 is 9.53 Å². The van der Waals surface area contributed by atoms with Gasteiger partial charge in [-0.2, -0.15) is 0 Å². The van der Waals surface area contributed by atoms with E-state index in [0.29, 0.717) is 6.61 Å². The molecule has 94 valence electrons. The van der Waals surface area contributed by atoms with Crippen molar-refractivity contribution in [1.82, 2.24) is 9.97 Å². The summed E-state index contributed by atoms with van der Waals surface area (Å²) in [6, 6.07) is 7.96. The van der Waals surface area contributed by atoms with E-state index in [1.165, 1.54) is 6.08 Å². The van der Waals surface area contributed by atoms with Gasteiger partial charge in [0.1, 0.15) is 5.82 Å². The van der Waals surface area contributed by atoms with Crippen LogP contribution in [0.1, 0.15) is 18.7 Å². The highest BCUT2D eigenvalue weighted by Crippen LogP contribution is 2.11. The average Bonchev–Trinajstić information content (AvgIpc) is 2.80. The van der Waals surface area contributed by atoms with Crippen LogP contribution in [0.2, 0.25) is 0 Å². The van der Waals surface area contributed by atoms with Crippen LogP contribution < -0.4 is 0 Å². The fourth-order valence-electron chi connectivity index (χ4n) is 1.75. The Bertz CT molecular complexity index is 512. The van der Waals surface area contributed by atoms with E-state index in [0.717, 1.165) is 36.1 Å². The summed E-state index contributed by atoms with van der Waals surface area (Å²) in [6.45, 7) is 3.78. The van der Waals surface area contributed by atoms with Gasteiger partial charge >= 0.3 is 5.97 Å². The van der Waals surface area contributed by atoms with Gasteiger partial charge in [0.15, 0.2) is 0 Å². The molecule has 0 saturated heterocycles. The van der Waals surface area contributed by atoms with E-state index in [4.69, 9.17) is 4.74 Å². The molecule has 2 aromatic rings. The lowest BCUT2D eigenvalue weighted by molar-refractivity contribution is -0.137. The second kappa shape index (κ2) is 6.00. The minimum absolute atomic E-state index is 0.362. The lowest BCUT2D eigenvalue weighted by atomic mass is 10.2. The van der Waals surface area contributed by atoms with Crippen molar-refractivity contribution in [2.75, 3.05) is 6.61 Å². The number of hydrogen-bond donors (Lipinski definition) is 1. The zero-order valence-electron chi connectivity index (χ0n) is 10.2. The number of nitrogens with one attached hydrogen (secondary N) is 1. The third-order valence-corrected chi connectivity index (χ3v) is 2.66. The fourth-order valence-corrected chi connectivity index (χ4v) is 1.75. The van der Waals surface area contributed by atoms with Crippen LogP contribution in [-0.2, 0) is 16.0 Å². The van der Waals surface area contributed by atoms with Gasteiger partial charge < -0.3 is 9.72 Å². The monoisotopic (exact) mass is 244 g/mol. The Balaban J connectivity index is 1.76. The first-order chi connectivity index (χ1) is 8.79. The normalized spacial score (nSPS) is 10.4. The Morgan fingerprint density at radius 2 is 2.22 bits per heavy atom. The molecular formula is C14H16N2O2. The molecule has 4 heteroatoms. The molecule has 0 radical (unpaired) electrons. The third kappa shape index (κ3) is 3.20. The molecule has 18 heavy (non-hydrogen) atoms. The topological polar surface area (TPSA) is 55.0 Å². The number of carbonyl (C=O) groups is 1. The number of ether oxygens (including phenoxy) is 1. The molecule has 2 rings (SSSR count). The highest BCUT2D eigenvalue weighted by atomic mass is 16.5. The molecule has 1 N–H and O–H groups in total. The summed E-state index contributed by atoms with van der Waals surface area (Å²) in [4.78, 5) is 18.6. The van der Waals surface area contributed by atoms with Crippen LogP contribution in [0.5, 0.6) is 0 Å². The number of imidazole rings is 1. The first-order valence-electron chi connectivity index (χ1n) is 6.02. The number of esters is 1. The molecule has 0 atom stereocenters. The lowest BCUT2D eigenvalue weighted by Gasteiger charge is -2.00. The summed E-state index contributed by atoms with van der Waals surface area (Å²) < 4.78 is 4.90. The maximum Gasteiger partial charge on any atom is 0.330 e. The number of H-pyrrole nitrogens is 1. The van der Waals surface area contributed by atoms with Gasteiger partial charge in [0.25, 0.3) is 0 Å². The zero-order valence-corrected chi connectivity index (χ0v) is 10.2. The number of para-hydroxylation sites is 2. The smallest absolute Gasteiger partial charge is 0.330 e. The largest absolute Gasteiger partial charge is 0.463 e. The fraction of sp³-hybridized carbons (Fsp3) is 0.286. The van der Waals surface area contributed by atoms with E-state index in [9.17, 15) is 4.79 Å². The van der Waals surface area contributed by atoms with Crippen molar-refractivity contribution in [1.29, 1.82) is 0 Å². The number of hydrogen-bond acceptors (Lipinski definition) is 3. The van der Waals surface area contributed by atoms with Crippen molar-refractivity contribution in [3.05, 3.63) is 42.7 Å². The van der Waals surface area contributed by atoms with Crippen LogP contribution in [0.4, 0.5) is 0 Å². The number of unbranched alkanes of at least 4 members (excludes halogenated alkanes) is 1. The first kappa shape index (κ1) is 12.4. The number of aromatic nitrogens is 2. The molecule has 1 aromatic heterocycles. The van der Waals surface area contributed by atoms with Crippen LogP contribution in [0, 0.1) is 0 Å². The van der Waals surface area contributed by atoms with Crippen LogP contribution in [0.15, 0.2) is 36.9 Å². The van der Waals surface area contributed by atoms with Crippen LogP contribution in [0.3, 0.4) is 0 Å². The van der Waals surface area contributed by atoms with Crippen LogP contribution in [0.25, 0.3) is 11.0 Å². The maximum absolute atomic E-state index is 10.8. The van der Waals surface area contributed by atoms with Gasteiger partial charge in [-0.25, -0.2) is 9.78 Å². The van der Waals surface area contributed by atoms with Crippen molar-refractivity contribution in [3.8, 4) is 0 Å². The van der Waals surface area contributed by atoms with Crippen molar-refractivity contribution >= 4 is 17.0 Å². The molecule has 0 amide bonds. The highest BCUT2D eigenvalue weighted by molar-refractivity contribution is 5.81. The molecule has 0 aliphatic rings. The number of fused-ring (bicyclic) bond motifs is 1. The van der Waals surface area contributed by atoms with Crippen molar-refractivity contribution in [2.24, 2.45) is 0 Å². The summed E-state index contributed by atoms with van der Waals surface area (Å²) in [7, 11) is 0.